The van der Waals surface area contributed by atoms with Gasteiger partial charge < -0.3 is 9.84 Å². The number of aliphatic hydroxyl groups excluding tert-OH is 1. The second kappa shape index (κ2) is 4.52. The van der Waals surface area contributed by atoms with E-state index < -0.39 is 0 Å². The van der Waals surface area contributed by atoms with Gasteiger partial charge in [0.05, 0.1) is 18.3 Å². The molecule has 1 N–H and O–H groups in total. The fourth-order valence-corrected chi connectivity index (χ4v) is 7.23. The molecule has 126 valence electrons. The van der Waals surface area contributed by atoms with Crippen molar-refractivity contribution in [2.75, 3.05) is 6.61 Å². The quantitative estimate of drug-likeness (QED) is 0.724. The lowest BCUT2D eigenvalue weighted by molar-refractivity contribution is -0.223. The highest BCUT2D eigenvalue weighted by Gasteiger charge is 2.66. The Hall–Kier alpha value is -0.600. The number of allylic oxidation sites excluding steroid dienone is 3. The summed E-state index contributed by atoms with van der Waals surface area (Å²) in [5.41, 5.74) is 2.31. The summed E-state index contributed by atoms with van der Waals surface area (Å²) in [4.78, 5) is 0. The van der Waals surface area contributed by atoms with Gasteiger partial charge in [0, 0.05) is 11.8 Å². The second-order valence-corrected chi connectivity index (χ2v) is 9.38. The zero-order valence-corrected chi connectivity index (χ0v) is 14.6. The summed E-state index contributed by atoms with van der Waals surface area (Å²) in [6, 6.07) is 0. The van der Waals surface area contributed by atoms with Crippen molar-refractivity contribution in [3.05, 3.63) is 23.8 Å². The molecule has 0 aromatic carbocycles. The molecule has 1 saturated heterocycles. The maximum Gasteiger partial charge on any atom is 0.0760 e. The van der Waals surface area contributed by atoms with Gasteiger partial charge in [-0.3, -0.25) is 0 Å². The van der Waals surface area contributed by atoms with Crippen LogP contribution in [-0.4, -0.2) is 23.4 Å². The lowest BCUT2D eigenvalue weighted by atomic mass is 9.47. The number of ether oxygens (including phenoxy) is 1. The van der Waals surface area contributed by atoms with E-state index in [1.807, 2.05) is 0 Å². The number of fused-ring (bicyclic) bond motifs is 6. The zero-order chi connectivity index (χ0) is 15.9. The Bertz CT molecular complexity index is 587. The molecule has 2 saturated carbocycles. The molecule has 1 aliphatic heterocycles. The van der Waals surface area contributed by atoms with E-state index in [1.165, 1.54) is 37.7 Å². The van der Waals surface area contributed by atoms with Crippen molar-refractivity contribution < 1.29 is 9.84 Å². The zero-order valence-electron chi connectivity index (χ0n) is 14.6. The third-order valence-electron chi connectivity index (χ3n) is 8.81. The van der Waals surface area contributed by atoms with E-state index in [1.54, 1.807) is 0 Å². The summed E-state index contributed by atoms with van der Waals surface area (Å²) in [5, 5.41) is 10.0. The van der Waals surface area contributed by atoms with Gasteiger partial charge in [-0.2, -0.15) is 0 Å². The molecule has 3 fully saturated rings. The molecular formula is C21H30O2. The van der Waals surface area contributed by atoms with Crippen LogP contribution in [0.4, 0.5) is 0 Å². The fraction of sp³-hybridized carbons (Fsp3) is 0.810. The number of rotatable bonds is 0. The van der Waals surface area contributed by atoms with Gasteiger partial charge in [-0.25, -0.2) is 0 Å². The Balaban J connectivity index is 1.54. The Morgan fingerprint density at radius 1 is 1.04 bits per heavy atom. The number of hydrogen-bond acceptors (Lipinski definition) is 2. The van der Waals surface area contributed by atoms with Gasteiger partial charge in [0.25, 0.3) is 0 Å². The molecule has 0 aromatic heterocycles. The first-order chi connectivity index (χ1) is 11.0. The Morgan fingerprint density at radius 2 is 1.83 bits per heavy atom. The van der Waals surface area contributed by atoms with Crippen molar-refractivity contribution >= 4 is 0 Å². The lowest BCUT2D eigenvalue weighted by Gasteiger charge is -2.60. The fourth-order valence-electron chi connectivity index (χ4n) is 7.23. The molecule has 2 nitrogen and oxygen atoms in total. The average molecular weight is 314 g/mol. The summed E-state index contributed by atoms with van der Waals surface area (Å²) in [7, 11) is 0. The molecule has 0 amide bonds. The van der Waals surface area contributed by atoms with E-state index in [9.17, 15) is 5.11 Å². The molecule has 1 spiro atoms. The molecule has 0 bridgehead atoms. The van der Waals surface area contributed by atoms with Crippen LogP contribution in [0, 0.1) is 28.6 Å². The first kappa shape index (κ1) is 14.7. The SMILES string of the molecule is C[C@]12CC[C@H](O)C=C1C=C[C@@H]1[C@H]3CC[C@@]4(CCO4)[C@@]3(C)CC[C@@H]12. The smallest absolute Gasteiger partial charge is 0.0760 e. The van der Waals surface area contributed by atoms with Gasteiger partial charge in [0.15, 0.2) is 0 Å². The highest BCUT2D eigenvalue weighted by Crippen LogP contribution is 2.69. The minimum absolute atomic E-state index is 0.219. The minimum Gasteiger partial charge on any atom is -0.389 e. The van der Waals surface area contributed by atoms with E-state index in [4.69, 9.17) is 4.74 Å². The molecule has 7 atom stereocenters. The largest absolute Gasteiger partial charge is 0.389 e. The molecule has 1 heterocycles. The minimum atomic E-state index is -0.230. The van der Waals surface area contributed by atoms with E-state index >= 15 is 0 Å². The second-order valence-electron chi connectivity index (χ2n) is 9.38. The molecule has 23 heavy (non-hydrogen) atoms. The predicted molar refractivity (Wildman–Crippen MR) is 90.9 cm³/mol. The Morgan fingerprint density at radius 3 is 2.57 bits per heavy atom. The Kier molecular flexibility index (Phi) is 2.89. The maximum atomic E-state index is 10.0. The molecule has 0 unspecified atom stereocenters. The summed E-state index contributed by atoms with van der Waals surface area (Å²) >= 11 is 0. The maximum absolute atomic E-state index is 10.0. The summed E-state index contributed by atoms with van der Waals surface area (Å²) in [5.74, 6) is 2.28. The molecule has 5 rings (SSSR count). The molecule has 0 radical (unpaired) electrons. The van der Waals surface area contributed by atoms with Crippen LogP contribution < -0.4 is 0 Å². The van der Waals surface area contributed by atoms with Crippen LogP contribution in [0.1, 0.15) is 58.8 Å². The highest BCUT2D eigenvalue weighted by molar-refractivity contribution is 5.36. The monoisotopic (exact) mass is 314 g/mol. The summed E-state index contributed by atoms with van der Waals surface area (Å²) in [6.07, 6.45) is 15.4. The van der Waals surface area contributed by atoms with Crippen LogP contribution in [-0.2, 0) is 4.74 Å². The van der Waals surface area contributed by atoms with Gasteiger partial charge in [-0.1, -0.05) is 32.1 Å². The third kappa shape index (κ3) is 1.67. The van der Waals surface area contributed by atoms with Crippen molar-refractivity contribution in [3.8, 4) is 0 Å². The van der Waals surface area contributed by atoms with Crippen LogP contribution in [0.3, 0.4) is 0 Å². The molecular weight excluding hydrogens is 284 g/mol. The molecule has 2 heteroatoms. The first-order valence-electron chi connectivity index (χ1n) is 9.71. The van der Waals surface area contributed by atoms with Gasteiger partial charge in [-0.05, 0) is 67.3 Å². The van der Waals surface area contributed by atoms with Crippen molar-refractivity contribution in [1.29, 1.82) is 0 Å². The number of aliphatic hydroxyl groups is 1. The number of hydrogen-bond donors (Lipinski definition) is 1. The van der Waals surface area contributed by atoms with Crippen LogP contribution in [0.25, 0.3) is 0 Å². The third-order valence-corrected chi connectivity index (χ3v) is 8.81. The van der Waals surface area contributed by atoms with Gasteiger partial charge >= 0.3 is 0 Å². The van der Waals surface area contributed by atoms with Crippen molar-refractivity contribution in [2.24, 2.45) is 28.6 Å². The Labute approximate surface area is 140 Å². The van der Waals surface area contributed by atoms with E-state index in [2.05, 4.69) is 32.1 Å². The normalized spacial score (nSPS) is 57.3. The summed E-state index contributed by atoms with van der Waals surface area (Å²) in [6.45, 7) is 5.99. The van der Waals surface area contributed by atoms with E-state index in [-0.39, 0.29) is 17.1 Å². The standard InChI is InChI=1S/C21H30O2/c1-19-8-5-15(22)13-14(19)3-4-16-17(19)6-9-20(2)18(16)7-10-21(20)11-12-23-21/h3-4,13,15-18,22H,5-12H2,1-2H3/t15-,16-,17-,18+,19-,20-,21+/m0/s1. The van der Waals surface area contributed by atoms with Crippen LogP contribution in [0.5, 0.6) is 0 Å². The van der Waals surface area contributed by atoms with E-state index in [0.717, 1.165) is 37.2 Å². The first-order valence-corrected chi connectivity index (χ1v) is 9.71. The van der Waals surface area contributed by atoms with Crippen LogP contribution in [0.2, 0.25) is 0 Å². The highest BCUT2D eigenvalue weighted by atomic mass is 16.5. The molecule has 4 aliphatic carbocycles. The van der Waals surface area contributed by atoms with Crippen LogP contribution in [0.15, 0.2) is 23.8 Å². The molecule has 5 aliphatic rings. The van der Waals surface area contributed by atoms with E-state index in [0.29, 0.717) is 5.41 Å². The average Bonchev–Trinajstić information content (AvgIpc) is 2.81. The lowest BCUT2D eigenvalue weighted by Crippen LogP contribution is -2.58. The van der Waals surface area contributed by atoms with Gasteiger partial charge in [0.2, 0.25) is 0 Å². The van der Waals surface area contributed by atoms with Crippen LogP contribution >= 0.6 is 0 Å². The van der Waals surface area contributed by atoms with Crippen molar-refractivity contribution in [1.82, 2.24) is 0 Å². The summed E-state index contributed by atoms with van der Waals surface area (Å²) < 4.78 is 6.21. The van der Waals surface area contributed by atoms with Gasteiger partial charge in [-0.15, -0.1) is 0 Å². The van der Waals surface area contributed by atoms with Gasteiger partial charge in [0.1, 0.15) is 0 Å². The predicted octanol–water partition coefficient (Wildman–Crippen LogP) is 4.25. The topological polar surface area (TPSA) is 29.5 Å². The van der Waals surface area contributed by atoms with Crippen molar-refractivity contribution in [3.63, 3.8) is 0 Å². The van der Waals surface area contributed by atoms with Crippen molar-refractivity contribution in [2.45, 2.75) is 70.5 Å². The molecule has 0 aromatic rings.